The molecule has 0 radical (unpaired) electrons. The Hall–Kier alpha value is -1.29. The molecule has 1 aromatic rings. The fourth-order valence-corrected chi connectivity index (χ4v) is 2.98. The molecule has 1 aromatic carbocycles. The van der Waals surface area contributed by atoms with Gasteiger partial charge in [0.1, 0.15) is 5.82 Å². The number of hydrogen-bond acceptors (Lipinski definition) is 2. The van der Waals surface area contributed by atoms with Crippen LogP contribution in [0.3, 0.4) is 0 Å². The first-order valence-corrected chi connectivity index (χ1v) is 6.59. The molecular weight excluding hydrogens is 255 g/mol. The molecule has 3 rings (SSSR count). The van der Waals surface area contributed by atoms with Crippen molar-refractivity contribution in [1.82, 2.24) is 0 Å². The lowest BCUT2D eigenvalue weighted by molar-refractivity contribution is -0.120. The highest BCUT2D eigenvalue weighted by molar-refractivity contribution is 6.31. The number of hydrogen-bond donors (Lipinski definition) is 2. The summed E-state index contributed by atoms with van der Waals surface area (Å²) in [4.78, 5) is 12.1. The molecule has 0 saturated heterocycles. The number of fused-ring (bicyclic) bond motifs is 2. The zero-order chi connectivity index (χ0) is 12.7. The fraction of sp³-hybridized carbons (Fsp3) is 0.462. The fourth-order valence-electron chi connectivity index (χ4n) is 2.81. The van der Waals surface area contributed by atoms with Gasteiger partial charge in [-0.05, 0) is 18.9 Å². The Bertz CT molecular complexity index is 506. The standard InChI is InChI=1S/C13H14ClFN2O/c14-8-5-11-12(6-9(8)15)17-13(18)7-3-1-2-4-10(7)16-11/h5-7,10,16H,1-4H2,(H,17,18). The van der Waals surface area contributed by atoms with E-state index < -0.39 is 5.82 Å². The van der Waals surface area contributed by atoms with Gasteiger partial charge in [0.2, 0.25) is 5.91 Å². The van der Waals surface area contributed by atoms with Crippen LogP contribution >= 0.6 is 11.6 Å². The van der Waals surface area contributed by atoms with Gasteiger partial charge in [0, 0.05) is 12.1 Å². The van der Waals surface area contributed by atoms with E-state index in [1.807, 2.05) is 0 Å². The lowest BCUT2D eigenvalue weighted by atomic mass is 9.84. The Morgan fingerprint density at radius 2 is 2.00 bits per heavy atom. The van der Waals surface area contributed by atoms with Crippen LogP contribution in [0.2, 0.25) is 5.02 Å². The molecule has 2 atom stereocenters. The van der Waals surface area contributed by atoms with Gasteiger partial charge in [0.15, 0.2) is 0 Å². The quantitative estimate of drug-likeness (QED) is 0.757. The minimum atomic E-state index is -0.512. The number of anilines is 2. The summed E-state index contributed by atoms with van der Waals surface area (Å²) in [5.74, 6) is -0.567. The van der Waals surface area contributed by atoms with Crippen LogP contribution in [0.15, 0.2) is 12.1 Å². The van der Waals surface area contributed by atoms with Crippen LogP contribution in [0.5, 0.6) is 0 Å². The Morgan fingerprint density at radius 3 is 2.83 bits per heavy atom. The van der Waals surface area contributed by atoms with Crippen LogP contribution < -0.4 is 10.6 Å². The third-order valence-electron chi connectivity index (χ3n) is 3.76. The van der Waals surface area contributed by atoms with Crippen molar-refractivity contribution in [2.45, 2.75) is 31.7 Å². The maximum absolute atomic E-state index is 13.4. The third-order valence-corrected chi connectivity index (χ3v) is 4.05. The summed E-state index contributed by atoms with van der Waals surface area (Å²) in [6, 6.07) is 2.95. The van der Waals surface area contributed by atoms with Gasteiger partial charge < -0.3 is 10.6 Å². The van der Waals surface area contributed by atoms with Crippen molar-refractivity contribution in [2.75, 3.05) is 10.6 Å². The number of carbonyl (C=O) groups is 1. The number of benzene rings is 1. The molecule has 3 nitrogen and oxygen atoms in total. The minimum absolute atomic E-state index is 0.0207. The molecule has 0 bridgehead atoms. The van der Waals surface area contributed by atoms with Crippen molar-refractivity contribution in [3.63, 3.8) is 0 Å². The highest BCUT2D eigenvalue weighted by atomic mass is 35.5. The number of rotatable bonds is 0. The topological polar surface area (TPSA) is 41.1 Å². The molecule has 1 aliphatic carbocycles. The van der Waals surface area contributed by atoms with Gasteiger partial charge in [-0.2, -0.15) is 0 Å². The predicted molar refractivity (Wildman–Crippen MR) is 69.4 cm³/mol. The van der Waals surface area contributed by atoms with Crippen LogP contribution in [-0.4, -0.2) is 11.9 Å². The van der Waals surface area contributed by atoms with E-state index in [1.165, 1.54) is 6.07 Å². The van der Waals surface area contributed by atoms with Crippen LogP contribution in [0.25, 0.3) is 0 Å². The Morgan fingerprint density at radius 1 is 1.22 bits per heavy atom. The molecule has 5 heteroatoms. The Kier molecular flexibility index (Phi) is 2.90. The predicted octanol–water partition coefficient (Wildman–Crippen LogP) is 3.40. The smallest absolute Gasteiger partial charge is 0.229 e. The van der Waals surface area contributed by atoms with Crippen molar-refractivity contribution in [3.8, 4) is 0 Å². The van der Waals surface area contributed by atoms with E-state index in [0.717, 1.165) is 25.7 Å². The monoisotopic (exact) mass is 268 g/mol. The lowest BCUT2D eigenvalue weighted by Gasteiger charge is -2.29. The molecule has 96 valence electrons. The molecule has 1 fully saturated rings. The number of carbonyl (C=O) groups excluding carboxylic acids is 1. The average molecular weight is 269 g/mol. The van der Waals surface area contributed by atoms with Gasteiger partial charge >= 0.3 is 0 Å². The molecule has 2 unspecified atom stereocenters. The highest BCUT2D eigenvalue weighted by Gasteiger charge is 2.34. The number of nitrogens with one attached hydrogen (secondary N) is 2. The molecule has 2 N–H and O–H groups in total. The average Bonchev–Trinajstić information content (AvgIpc) is 2.48. The number of halogens is 2. The SMILES string of the molecule is O=C1Nc2cc(F)c(Cl)cc2NC2CCCCC12. The van der Waals surface area contributed by atoms with E-state index in [0.29, 0.717) is 11.4 Å². The largest absolute Gasteiger partial charge is 0.380 e. The van der Waals surface area contributed by atoms with E-state index in [4.69, 9.17) is 11.6 Å². The van der Waals surface area contributed by atoms with Gasteiger partial charge in [-0.25, -0.2) is 4.39 Å². The molecule has 0 spiro atoms. The summed E-state index contributed by atoms with van der Waals surface area (Å²) in [5, 5.41) is 6.19. The Balaban J connectivity index is 2.00. The summed E-state index contributed by atoms with van der Waals surface area (Å²) < 4.78 is 13.4. The minimum Gasteiger partial charge on any atom is -0.380 e. The summed E-state index contributed by atoms with van der Waals surface area (Å²) >= 11 is 5.78. The van der Waals surface area contributed by atoms with Gasteiger partial charge in [-0.3, -0.25) is 4.79 Å². The third kappa shape index (κ3) is 1.94. The van der Waals surface area contributed by atoms with E-state index in [2.05, 4.69) is 10.6 Å². The van der Waals surface area contributed by atoms with Crippen molar-refractivity contribution in [1.29, 1.82) is 0 Å². The molecule has 0 aromatic heterocycles. The summed E-state index contributed by atoms with van der Waals surface area (Å²) in [6.07, 6.45) is 4.04. The maximum atomic E-state index is 13.4. The van der Waals surface area contributed by atoms with Gasteiger partial charge in [-0.15, -0.1) is 0 Å². The lowest BCUT2D eigenvalue weighted by Crippen LogP contribution is -2.37. The summed E-state index contributed by atoms with van der Waals surface area (Å²) in [6.45, 7) is 0. The summed E-state index contributed by atoms with van der Waals surface area (Å²) in [7, 11) is 0. The second-order valence-electron chi connectivity index (χ2n) is 4.94. The second kappa shape index (κ2) is 4.43. The van der Waals surface area contributed by atoms with Crippen molar-refractivity contribution >= 4 is 28.9 Å². The molecule has 1 heterocycles. The molecule has 1 saturated carbocycles. The van der Waals surface area contributed by atoms with Gasteiger partial charge in [-0.1, -0.05) is 24.4 Å². The van der Waals surface area contributed by atoms with Gasteiger partial charge in [0.25, 0.3) is 0 Å². The van der Waals surface area contributed by atoms with Crippen LogP contribution in [0.4, 0.5) is 15.8 Å². The first-order chi connectivity index (χ1) is 8.65. The zero-order valence-corrected chi connectivity index (χ0v) is 10.6. The number of amides is 1. The second-order valence-corrected chi connectivity index (χ2v) is 5.35. The van der Waals surface area contributed by atoms with Crippen molar-refractivity contribution in [2.24, 2.45) is 5.92 Å². The molecular formula is C13H14ClFN2O. The van der Waals surface area contributed by atoms with E-state index in [-0.39, 0.29) is 22.9 Å². The van der Waals surface area contributed by atoms with Gasteiger partial charge in [0.05, 0.1) is 22.3 Å². The highest BCUT2D eigenvalue weighted by Crippen LogP contribution is 2.36. The molecule has 1 amide bonds. The first-order valence-electron chi connectivity index (χ1n) is 6.21. The molecule has 2 aliphatic rings. The van der Waals surface area contributed by atoms with E-state index in [1.54, 1.807) is 6.07 Å². The van der Waals surface area contributed by atoms with E-state index in [9.17, 15) is 9.18 Å². The Labute approximate surface area is 110 Å². The van der Waals surface area contributed by atoms with Crippen molar-refractivity contribution < 1.29 is 9.18 Å². The normalized spacial score (nSPS) is 26.4. The molecule has 1 aliphatic heterocycles. The summed E-state index contributed by atoms with van der Waals surface area (Å²) in [5.41, 5.74) is 1.19. The van der Waals surface area contributed by atoms with Crippen LogP contribution in [0, 0.1) is 11.7 Å². The van der Waals surface area contributed by atoms with Crippen LogP contribution in [0.1, 0.15) is 25.7 Å². The van der Waals surface area contributed by atoms with Crippen LogP contribution in [-0.2, 0) is 4.79 Å². The van der Waals surface area contributed by atoms with Crippen molar-refractivity contribution in [3.05, 3.63) is 23.0 Å². The maximum Gasteiger partial charge on any atom is 0.229 e. The molecule has 18 heavy (non-hydrogen) atoms. The van der Waals surface area contributed by atoms with E-state index >= 15 is 0 Å². The zero-order valence-electron chi connectivity index (χ0n) is 9.80. The first kappa shape index (κ1) is 11.8.